The van der Waals surface area contributed by atoms with Crippen LogP contribution in [0.5, 0.6) is 0 Å². The standard InChI is InChI=1S/C8H7O2.W/c1-10-8(9)7-5-3-2-4-6-7;/h3-6H,1H3;/q-1;. The fourth-order valence-electron chi connectivity index (χ4n) is 0.641. The second kappa shape index (κ2) is 5.08. The Bertz CT molecular complexity index is 221. The third kappa shape index (κ3) is 2.85. The van der Waals surface area contributed by atoms with Crippen molar-refractivity contribution in [1.82, 2.24) is 0 Å². The summed E-state index contributed by atoms with van der Waals surface area (Å²) >= 11 is 0. The molecule has 0 heterocycles. The normalized spacial score (nSPS) is 8.09. The molecule has 0 radical (unpaired) electrons. The van der Waals surface area contributed by atoms with Crippen molar-refractivity contribution >= 4 is 5.97 Å². The molecule has 0 saturated carbocycles. The average Bonchev–Trinajstić information content (AvgIpc) is 2.05. The number of hydrogen-bond acceptors (Lipinski definition) is 2. The van der Waals surface area contributed by atoms with Gasteiger partial charge in [-0.3, -0.25) is 0 Å². The third-order valence-corrected chi connectivity index (χ3v) is 1.14. The first-order valence-electron chi connectivity index (χ1n) is 2.89. The summed E-state index contributed by atoms with van der Waals surface area (Å²) in [5.41, 5.74) is 0.557. The zero-order valence-corrected chi connectivity index (χ0v) is 8.97. The van der Waals surface area contributed by atoms with Crippen LogP contribution in [-0.2, 0) is 25.8 Å². The van der Waals surface area contributed by atoms with Gasteiger partial charge in [-0.2, -0.15) is 30.3 Å². The number of hydrogen-bond donors (Lipinski definition) is 0. The maximum atomic E-state index is 10.8. The van der Waals surface area contributed by atoms with Crippen molar-refractivity contribution in [2.24, 2.45) is 0 Å². The first-order valence-corrected chi connectivity index (χ1v) is 2.89. The SMILES string of the molecule is COC(=O)c1cc[c-]cc1.[W]. The van der Waals surface area contributed by atoms with Crippen LogP contribution in [0, 0.1) is 6.07 Å². The van der Waals surface area contributed by atoms with Gasteiger partial charge >= 0.3 is 5.97 Å². The summed E-state index contributed by atoms with van der Waals surface area (Å²) in [4.78, 5) is 10.8. The minimum atomic E-state index is -0.311. The number of benzene rings is 1. The van der Waals surface area contributed by atoms with Crippen LogP contribution in [0.25, 0.3) is 0 Å². The summed E-state index contributed by atoms with van der Waals surface area (Å²) < 4.78 is 4.48. The topological polar surface area (TPSA) is 26.3 Å². The van der Waals surface area contributed by atoms with Gasteiger partial charge in [0, 0.05) is 21.1 Å². The molecular formula is C8H7O2W-. The molecule has 0 N–H and O–H groups in total. The van der Waals surface area contributed by atoms with Gasteiger partial charge < -0.3 is 4.74 Å². The smallest absolute Gasteiger partial charge is 0.313 e. The number of carbonyl (C=O) groups is 1. The van der Waals surface area contributed by atoms with E-state index in [9.17, 15) is 4.79 Å². The molecule has 0 unspecified atom stereocenters. The second-order valence-electron chi connectivity index (χ2n) is 1.78. The van der Waals surface area contributed by atoms with E-state index in [4.69, 9.17) is 0 Å². The van der Waals surface area contributed by atoms with Gasteiger partial charge in [-0.1, -0.05) is 0 Å². The molecule has 0 atom stereocenters. The van der Waals surface area contributed by atoms with Crippen LogP contribution in [0.4, 0.5) is 0 Å². The fraction of sp³-hybridized carbons (Fsp3) is 0.125. The number of carbonyl (C=O) groups excluding carboxylic acids is 1. The summed E-state index contributed by atoms with van der Waals surface area (Å²) in [5, 5.41) is 0. The van der Waals surface area contributed by atoms with Crippen LogP contribution in [0.2, 0.25) is 0 Å². The Balaban J connectivity index is 0.000001000. The maximum absolute atomic E-state index is 10.8. The summed E-state index contributed by atoms with van der Waals surface area (Å²) in [6.07, 6.45) is 0. The van der Waals surface area contributed by atoms with E-state index in [0.29, 0.717) is 5.56 Å². The Hall–Kier alpha value is -0.622. The molecule has 0 aliphatic heterocycles. The quantitative estimate of drug-likeness (QED) is 0.576. The van der Waals surface area contributed by atoms with Crippen LogP contribution in [0.15, 0.2) is 24.3 Å². The Morgan fingerprint density at radius 1 is 1.45 bits per heavy atom. The molecule has 0 fully saturated rings. The van der Waals surface area contributed by atoms with Crippen LogP contribution < -0.4 is 0 Å². The summed E-state index contributed by atoms with van der Waals surface area (Å²) in [6, 6.07) is 9.47. The van der Waals surface area contributed by atoms with Crippen molar-refractivity contribution in [2.75, 3.05) is 7.11 Å². The van der Waals surface area contributed by atoms with E-state index >= 15 is 0 Å². The van der Waals surface area contributed by atoms with E-state index < -0.39 is 0 Å². The van der Waals surface area contributed by atoms with Crippen LogP contribution in [0.1, 0.15) is 10.4 Å². The van der Waals surface area contributed by atoms with Gasteiger partial charge in [0.2, 0.25) is 0 Å². The van der Waals surface area contributed by atoms with Gasteiger partial charge in [-0.15, -0.1) is 0 Å². The first-order chi connectivity index (χ1) is 4.84. The Kier molecular flexibility index (Phi) is 4.80. The molecule has 0 saturated heterocycles. The number of methoxy groups -OCH3 is 1. The van der Waals surface area contributed by atoms with Gasteiger partial charge in [0.25, 0.3) is 0 Å². The first kappa shape index (κ1) is 10.4. The number of rotatable bonds is 1. The van der Waals surface area contributed by atoms with Gasteiger partial charge in [-0.25, -0.2) is 4.79 Å². The molecule has 2 nitrogen and oxygen atoms in total. The van der Waals surface area contributed by atoms with E-state index in [0.717, 1.165) is 0 Å². The molecule has 1 aromatic carbocycles. The van der Waals surface area contributed by atoms with Crippen LogP contribution >= 0.6 is 0 Å². The molecule has 0 spiro atoms. The molecular weight excluding hydrogens is 312 g/mol. The second-order valence-corrected chi connectivity index (χ2v) is 1.78. The van der Waals surface area contributed by atoms with Gasteiger partial charge in [0.15, 0.2) is 0 Å². The van der Waals surface area contributed by atoms with Gasteiger partial charge in [-0.05, 0) is 5.56 Å². The number of esters is 1. The molecule has 0 amide bonds. The van der Waals surface area contributed by atoms with Crippen molar-refractivity contribution in [3.63, 3.8) is 0 Å². The predicted octanol–water partition coefficient (Wildman–Crippen LogP) is 1.27. The van der Waals surface area contributed by atoms with E-state index in [1.165, 1.54) is 7.11 Å². The Morgan fingerprint density at radius 2 is 2.00 bits per heavy atom. The monoisotopic (exact) mass is 319 g/mol. The molecule has 0 bridgehead atoms. The third-order valence-electron chi connectivity index (χ3n) is 1.14. The molecule has 0 aromatic heterocycles. The molecule has 3 heteroatoms. The van der Waals surface area contributed by atoms with E-state index in [2.05, 4.69) is 10.8 Å². The van der Waals surface area contributed by atoms with Gasteiger partial charge in [0.05, 0.1) is 7.11 Å². The van der Waals surface area contributed by atoms with E-state index in [1.54, 1.807) is 24.3 Å². The summed E-state index contributed by atoms with van der Waals surface area (Å²) in [5.74, 6) is -0.311. The molecule has 1 aromatic rings. The largest absolute Gasteiger partial charge is 0.467 e. The van der Waals surface area contributed by atoms with Crippen LogP contribution in [0.3, 0.4) is 0 Å². The Labute approximate surface area is 79.8 Å². The van der Waals surface area contributed by atoms with Crippen molar-refractivity contribution in [3.05, 3.63) is 35.9 Å². The van der Waals surface area contributed by atoms with Crippen molar-refractivity contribution < 1.29 is 30.6 Å². The molecule has 0 aliphatic carbocycles. The minimum absolute atomic E-state index is 0. The molecule has 11 heavy (non-hydrogen) atoms. The fourth-order valence-corrected chi connectivity index (χ4v) is 0.641. The van der Waals surface area contributed by atoms with Gasteiger partial charge in [0.1, 0.15) is 0 Å². The van der Waals surface area contributed by atoms with Crippen molar-refractivity contribution in [1.29, 1.82) is 0 Å². The summed E-state index contributed by atoms with van der Waals surface area (Å²) in [6.45, 7) is 0. The molecule has 0 aliphatic rings. The maximum Gasteiger partial charge on any atom is 0.313 e. The summed E-state index contributed by atoms with van der Waals surface area (Å²) in [7, 11) is 1.36. The number of ether oxygens (including phenoxy) is 1. The average molecular weight is 319 g/mol. The van der Waals surface area contributed by atoms with E-state index in [1.807, 2.05) is 0 Å². The Morgan fingerprint density at radius 3 is 2.45 bits per heavy atom. The minimum Gasteiger partial charge on any atom is -0.467 e. The van der Waals surface area contributed by atoms with Crippen LogP contribution in [-0.4, -0.2) is 13.1 Å². The van der Waals surface area contributed by atoms with Crippen molar-refractivity contribution in [2.45, 2.75) is 0 Å². The van der Waals surface area contributed by atoms with E-state index in [-0.39, 0.29) is 27.0 Å². The molecule has 1 rings (SSSR count). The zero-order chi connectivity index (χ0) is 7.40. The van der Waals surface area contributed by atoms with Crippen molar-refractivity contribution in [3.8, 4) is 0 Å². The predicted molar refractivity (Wildman–Crippen MR) is 36.6 cm³/mol. The zero-order valence-electron chi connectivity index (χ0n) is 6.03. The molecule has 58 valence electrons.